The van der Waals surface area contributed by atoms with E-state index in [1.807, 2.05) is 11.0 Å². The molecule has 2 aliphatic rings. The van der Waals surface area contributed by atoms with Crippen molar-refractivity contribution < 1.29 is 9.59 Å². The molecule has 2 unspecified atom stereocenters. The van der Waals surface area contributed by atoms with Crippen molar-refractivity contribution in [3.63, 3.8) is 0 Å². The molecule has 132 valence electrons. The van der Waals surface area contributed by atoms with E-state index in [0.29, 0.717) is 37.3 Å². The van der Waals surface area contributed by atoms with Crippen LogP contribution in [0.4, 0.5) is 0 Å². The molecule has 0 radical (unpaired) electrons. The molecule has 2 atom stereocenters. The molecule has 6 nitrogen and oxygen atoms in total. The van der Waals surface area contributed by atoms with Gasteiger partial charge in [-0.2, -0.15) is 0 Å². The van der Waals surface area contributed by atoms with Gasteiger partial charge in [-0.05, 0) is 30.9 Å². The summed E-state index contributed by atoms with van der Waals surface area (Å²) in [5.74, 6) is 0.880. The van der Waals surface area contributed by atoms with E-state index < -0.39 is 0 Å². The molecule has 1 saturated carbocycles. The van der Waals surface area contributed by atoms with Crippen LogP contribution in [0, 0.1) is 5.92 Å². The van der Waals surface area contributed by atoms with Crippen molar-refractivity contribution >= 4 is 11.8 Å². The fraction of sp³-hybridized carbons (Fsp3) is 0.667. The van der Waals surface area contributed by atoms with E-state index in [1.165, 1.54) is 12.8 Å². The predicted octanol–water partition coefficient (Wildman–Crippen LogP) is 1.47. The van der Waals surface area contributed by atoms with Crippen LogP contribution in [0.2, 0.25) is 0 Å². The van der Waals surface area contributed by atoms with E-state index in [-0.39, 0.29) is 11.8 Å². The molecule has 6 heteroatoms. The van der Waals surface area contributed by atoms with Gasteiger partial charge < -0.3 is 15.2 Å². The maximum atomic E-state index is 12.3. The average molecular weight is 332 g/mol. The Morgan fingerprint density at radius 3 is 2.71 bits per heavy atom. The van der Waals surface area contributed by atoms with Crippen LogP contribution >= 0.6 is 0 Å². The Kier molecular flexibility index (Phi) is 5.56. The van der Waals surface area contributed by atoms with Gasteiger partial charge in [0.2, 0.25) is 5.91 Å². The summed E-state index contributed by atoms with van der Waals surface area (Å²) in [4.78, 5) is 31.5. The summed E-state index contributed by atoms with van der Waals surface area (Å²) in [5.41, 5.74) is 0.632. The molecular formula is C18H28N4O2. The first-order valence-corrected chi connectivity index (χ1v) is 9.06. The highest BCUT2D eigenvalue weighted by Crippen LogP contribution is 2.23. The highest BCUT2D eigenvalue weighted by atomic mass is 16.2. The quantitative estimate of drug-likeness (QED) is 0.877. The van der Waals surface area contributed by atoms with Gasteiger partial charge in [0.25, 0.3) is 5.91 Å². The lowest BCUT2D eigenvalue weighted by atomic mass is 9.87. The maximum absolute atomic E-state index is 12.3. The van der Waals surface area contributed by atoms with Crippen LogP contribution in [0.3, 0.4) is 0 Å². The minimum Gasteiger partial charge on any atom is -0.357 e. The Bertz CT molecular complexity index is 549. The number of aromatic nitrogens is 1. The number of amides is 2. The standard InChI is InChI=1S/C18H28N4O2/c1-14-4-2-5-15(12-14)20-17(23)13-21-8-10-22(11-9-21)18(24)16-6-3-7-19-16/h3,6-7,14-15,19H,2,4-5,8-13H2,1H3,(H,20,23). The second-order valence-electron chi connectivity index (χ2n) is 7.19. The molecular weight excluding hydrogens is 304 g/mol. The second kappa shape index (κ2) is 7.83. The van der Waals surface area contributed by atoms with Crippen LogP contribution in [0.5, 0.6) is 0 Å². The highest BCUT2D eigenvalue weighted by Gasteiger charge is 2.25. The van der Waals surface area contributed by atoms with Gasteiger partial charge in [-0.3, -0.25) is 14.5 Å². The number of nitrogens with zero attached hydrogens (tertiary/aromatic N) is 2. The van der Waals surface area contributed by atoms with Gasteiger partial charge in [0.05, 0.1) is 6.54 Å². The molecule has 1 aliphatic carbocycles. The van der Waals surface area contributed by atoms with E-state index in [9.17, 15) is 9.59 Å². The topological polar surface area (TPSA) is 68.4 Å². The number of nitrogens with one attached hydrogen (secondary N) is 2. The lowest BCUT2D eigenvalue weighted by Crippen LogP contribution is -2.52. The molecule has 0 aromatic carbocycles. The van der Waals surface area contributed by atoms with Crippen LogP contribution in [-0.2, 0) is 4.79 Å². The largest absolute Gasteiger partial charge is 0.357 e. The van der Waals surface area contributed by atoms with Gasteiger partial charge in [-0.15, -0.1) is 0 Å². The van der Waals surface area contributed by atoms with E-state index in [1.54, 1.807) is 12.3 Å². The number of carbonyl (C=O) groups is 2. The molecule has 0 spiro atoms. The van der Waals surface area contributed by atoms with Crippen molar-refractivity contribution in [1.82, 2.24) is 20.1 Å². The first-order valence-electron chi connectivity index (χ1n) is 9.06. The molecule has 3 rings (SSSR count). The van der Waals surface area contributed by atoms with E-state index in [2.05, 4.69) is 22.1 Å². The zero-order chi connectivity index (χ0) is 16.9. The van der Waals surface area contributed by atoms with Crippen LogP contribution in [0.15, 0.2) is 18.3 Å². The highest BCUT2D eigenvalue weighted by molar-refractivity contribution is 5.92. The van der Waals surface area contributed by atoms with Crippen molar-refractivity contribution in [2.24, 2.45) is 5.92 Å². The number of H-pyrrole nitrogens is 1. The van der Waals surface area contributed by atoms with Crippen molar-refractivity contribution in [2.75, 3.05) is 32.7 Å². The number of rotatable bonds is 4. The lowest BCUT2D eigenvalue weighted by molar-refractivity contribution is -0.123. The van der Waals surface area contributed by atoms with Gasteiger partial charge >= 0.3 is 0 Å². The molecule has 2 heterocycles. The Balaban J connectivity index is 1.40. The third kappa shape index (κ3) is 4.38. The fourth-order valence-electron chi connectivity index (χ4n) is 3.78. The normalized spacial score (nSPS) is 25.5. The molecule has 1 aromatic rings. The third-order valence-electron chi connectivity index (χ3n) is 5.16. The SMILES string of the molecule is CC1CCCC(NC(=O)CN2CCN(C(=O)c3ccc[nH]3)CC2)C1. The minimum atomic E-state index is 0.0419. The van der Waals surface area contributed by atoms with Crippen LogP contribution in [0.1, 0.15) is 43.1 Å². The number of aromatic amines is 1. The van der Waals surface area contributed by atoms with Crippen molar-refractivity contribution in [3.8, 4) is 0 Å². The van der Waals surface area contributed by atoms with Crippen molar-refractivity contribution in [3.05, 3.63) is 24.0 Å². The first kappa shape index (κ1) is 17.0. The number of carbonyl (C=O) groups excluding carboxylic acids is 2. The lowest BCUT2D eigenvalue weighted by Gasteiger charge is -2.34. The molecule has 1 aromatic heterocycles. The summed E-state index contributed by atoms with van der Waals surface area (Å²) in [6, 6.07) is 3.98. The summed E-state index contributed by atoms with van der Waals surface area (Å²) >= 11 is 0. The summed E-state index contributed by atoms with van der Waals surface area (Å²) in [6.07, 6.45) is 6.47. The Hall–Kier alpha value is -1.82. The predicted molar refractivity (Wildman–Crippen MR) is 92.7 cm³/mol. The monoisotopic (exact) mass is 332 g/mol. The average Bonchev–Trinajstić information content (AvgIpc) is 3.09. The first-order chi connectivity index (χ1) is 11.6. The number of hydrogen-bond donors (Lipinski definition) is 2. The summed E-state index contributed by atoms with van der Waals surface area (Å²) in [6.45, 7) is 5.55. The zero-order valence-electron chi connectivity index (χ0n) is 14.5. The number of piperazine rings is 1. The summed E-state index contributed by atoms with van der Waals surface area (Å²) in [5, 5.41) is 3.19. The molecule has 2 N–H and O–H groups in total. The van der Waals surface area contributed by atoms with Crippen LogP contribution < -0.4 is 5.32 Å². The fourth-order valence-corrected chi connectivity index (χ4v) is 3.78. The van der Waals surface area contributed by atoms with Crippen LogP contribution in [-0.4, -0.2) is 65.4 Å². The summed E-state index contributed by atoms with van der Waals surface area (Å²) in [7, 11) is 0. The third-order valence-corrected chi connectivity index (χ3v) is 5.16. The molecule has 1 aliphatic heterocycles. The molecule has 0 bridgehead atoms. The van der Waals surface area contributed by atoms with Gasteiger partial charge in [0.15, 0.2) is 0 Å². The molecule has 2 amide bonds. The smallest absolute Gasteiger partial charge is 0.270 e. The Labute approximate surface area is 143 Å². The van der Waals surface area contributed by atoms with Crippen molar-refractivity contribution in [2.45, 2.75) is 38.6 Å². The molecule has 2 fully saturated rings. The Morgan fingerprint density at radius 1 is 1.25 bits per heavy atom. The summed E-state index contributed by atoms with van der Waals surface area (Å²) < 4.78 is 0. The second-order valence-corrected chi connectivity index (χ2v) is 7.19. The van der Waals surface area contributed by atoms with Crippen LogP contribution in [0.25, 0.3) is 0 Å². The van der Waals surface area contributed by atoms with Gasteiger partial charge in [-0.25, -0.2) is 0 Å². The zero-order valence-corrected chi connectivity index (χ0v) is 14.5. The molecule has 1 saturated heterocycles. The van der Waals surface area contributed by atoms with Gasteiger partial charge in [0.1, 0.15) is 5.69 Å². The van der Waals surface area contributed by atoms with E-state index in [0.717, 1.165) is 25.9 Å². The van der Waals surface area contributed by atoms with E-state index >= 15 is 0 Å². The Morgan fingerprint density at radius 2 is 2.04 bits per heavy atom. The van der Waals surface area contributed by atoms with Gasteiger partial charge in [0, 0.05) is 38.4 Å². The maximum Gasteiger partial charge on any atom is 0.270 e. The van der Waals surface area contributed by atoms with Crippen molar-refractivity contribution in [1.29, 1.82) is 0 Å². The van der Waals surface area contributed by atoms with E-state index in [4.69, 9.17) is 0 Å². The van der Waals surface area contributed by atoms with Gasteiger partial charge in [-0.1, -0.05) is 19.8 Å². The molecule has 24 heavy (non-hydrogen) atoms. The number of hydrogen-bond acceptors (Lipinski definition) is 3. The minimum absolute atomic E-state index is 0.0419.